The third kappa shape index (κ3) is 4.55. The lowest BCUT2D eigenvalue weighted by Gasteiger charge is -2.16. The smallest absolute Gasteiger partial charge is 0.229 e. The first kappa shape index (κ1) is 17.4. The number of carbonyl (C=O) groups is 3. The number of amides is 3. The van der Waals surface area contributed by atoms with Crippen LogP contribution >= 0.6 is 0 Å². The molecule has 1 saturated heterocycles. The molecule has 0 atom stereocenters. The van der Waals surface area contributed by atoms with E-state index in [0.29, 0.717) is 12.4 Å². The van der Waals surface area contributed by atoms with Crippen molar-refractivity contribution in [2.24, 2.45) is 0 Å². The Bertz CT molecular complexity index is 639. The van der Waals surface area contributed by atoms with Gasteiger partial charge in [-0.05, 0) is 31.7 Å². The zero-order valence-electron chi connectivity index (χ0n) is 14.2. The maximum atomic E-state index is 12.0. The Kier molecular flexibility index (Phi) is 5.63. The average molecular weight is 345 g/mol. The highest BCUT2D eigenvalue weighted by atomic mass is 16.5. The van der Waals surface area contributed by atoms with Gasteiger partial charge in [-0.15, -0.1) is 0 Å². The molecule has 2 fully saturated rings. The fourth-order valence-corrected chi connectivity index (χ4v) is 3.20. The van der Waals surface area contributed by atoms with Crippen LogP contribution < -0.4 is 10.1 Å². The second-order valence-electron chi connectivity index (χ2n) is 6.46. The standard InChI is InChI=1S/C18H23N3O4/c22-15(9-11-21-16(23)7-8-17(21)24)20-12-13-4-3-10-19-18(13)25-14-5-1-2-6-14/h3-4,10,14H,1-2,5-9,11-12H2,(H,20,22). The first-order valence-corrected chi connectivity index (χ1v) is 8.84. The zero-order chi connectivity index (χ0) is 17.6. The van der Waals surface area contributed by atoms with E-state index in [1.165, 1.54) is 12.8 Å². The van der Waals surface area contributed by atoms with E-state index in [4.69, 9.17) is 4.74 Å². The van der Waals surface area contributed by atoms with Gasteiger partial charge in [-0.2, -0.15) is 0 Å². The minimum atomic E-state index is -0.205. The number of hydrogen-bond acceptors (Lipinski definition) is 5. The molecule has 0 unspecified atom stereocenters. The van der Waals surface area contributed by atoms with Gasteiger partial charge in [0.2, 0.25) is 23.6 Å². The van der Waals surface area contributed by atoms with E-state index in [1.54, 1.807) is 6.20 Å². The Balaban J connectivity index is 1.48. The monoisotopic (exact) mass is 345 g/mol. The largest absolute Gasteiger partial charge is 0.474 e. The van der Waals surface area contributed by atoms with Crippen LogP contribution in [0.15, 0.2) is 18.3 Å². The van der Waals surface area contributed by atoms with Gasteiger partial charge >= 0.3 is 0 Å². The van der Waals surface area contributed by atoms with Crippen LogP contribution in [0.4, 0.5) is 0 Å². The molecule has 1 aromatic rings. The molecule has 3 amide bonds. The second kappa shape index (κ2) is 8.09. The molecule has 1 aliphatic heterocycles. The van der Waals surface area contributed by atoms with Crippen LogP contribution in [0.2, 0.25) is 0 Å². The van der Waals surface area contributed by atoms with E-state index in [-0.39, 0.29) is 49.6 Å². The lowest BCUT2D eigenvalue weighted by Crippen LogP contribution is -2.34. The van der Waals surface area contributed by atoms with E-state index in [0.717, 1.165) is 23.3 Å². The van der Waals surface area contributed by atoms with Gasteiger partial charge in [-0.25, -0.2) is 4.98 Å². The normalized spacial score (nSPS) is 18.0. The molecule has 1 aliphatic carbocycles. The van der Waals surface area contributed by atoms with Gasteiger partial charge in [0.05, 0.1) is 0 Å². The molecule has 1 aromatic heterocycles. The minimum Gasteiger partial charge on any atom is -0.474 e. The zero-order valence-corrected chi connectivity index (χ0v) is 14.2. The van der Waals surface area contributed by atoms with Crippen molar-refractivity contribution in [3.8, 4) is 5.88 Å². The summed E-state index contributed by atoms with van der Waals surface area (Å²) in [4.78, 5) is 40.5. The third-order valence-corrected chi connectivity index (χ3v) is 4.62. The summed E-state index contributed by atoms with van der Waals surface area (Å²) in [6, 6.07) is 3.69. The van der Waals surface area contributed by atoms with Crippen molar-refractivity contribution < 1.29 is 19.1 Å². The summed E-state index contributed by atoms with van der Waals surface area (Å²) in [5, 5.41) is 2.81. The molecule has 1 N–H and O–H groups in total. The SMILES string of the molecule is O=C(CCN1C(=O)CCC1=O)NCc1cccnc1OC1CCCC1. The number of pyridine rings is 1. The highest BCUT2D eigenvalue weighted by molar-refractivity contribution is 6.02. The fourth-order valence-electron chi connectivity index (χ4n) is 3.20. The van der Waals surface area contributed by atoms with Crippen molar-refractivity contribution in [1.29, 1.82) is 0 Å². The second-order valence-corrected chi connectivity index (χ2v) is 6.46. The molecule has 0 spiro atoms. The number of hydrogen-bond donors (Lipinski definition) is 1. The van der Waals surface area contributed by atoms with Crippen molar-refractivity contribution >= 4 is 17.7 Å². The summed E-state index contributed by atoms with van der Waals surface area (Å²) in [5.41, 5.74) is 0.830. The summed E-state index contributed by atoms with van der Waals surface area (Å²) < 4.78 is 5.95. The number of nitrogens with one attached hydrogen (secondary N) is 1. The molecular weight excluding hydrogens is 322 g/mol. The molecular formula is C18H23N3O4. The van der Waals surface area contributed by atoms with Crippen molar-refractivity contribution in [2.45, 2.75) is 57.6 Å². The molecule has 3 rings (SSSR count). The molecule has 2 heterocycles. The third-order valence-electron chi connectivity index (χ3n) is 4.62. The molecule has 0 bridgehead atoms. The number of imide groups is 1. The van der Waals surface area contributed by atoms with E-state index in [1.807, 2.05) is 12.1 Å². The van der Waals surface area contributed by atoms with Crippen LogP contribution in [-0.2, 0) is 20.9 Å². The Hall–Kier alpha value is -2.44. The number of rotatable bonds is 7. The molecule has 0 aromatic carbocycles. The van der Waals surface area contributed by atoms with E-state index >= 15 is 0 Å². The van der Waals surface area contributed by atoms with Crippen molar-refractivity contribution in [1.82, 2.24) is 15.2 Å². The maximum absolute atomic E-state index is 12.0. The van der Waals surface area contributed by atoms with Crippen molar-refractivity contribution in [2.75, 3.05) is 6.54 Å². The van der Waals surface area contributed by atoms with Gasteiger partial charge in [0.1, 0.15) is 6.10 Å². The van der Waals surface area contributed by atoms with Gasteiger partial charge < -0.3 is 10.1 Å². The molecule has 1 saturated carbocycles. The van der Waals surface area contributed by atoms with Crippen LogP contribution in [0.5, 0.6) is 5.88 Å². The number of ether oxygens (including phenoxy) is 1. The Labute approximate surface area is 146 Å². The van der Waals surface area contributed by atoms with Gasteiger partial charge in [-0.3, -0.25) is 19.3 Å². The number of nitrogens with zero attached hydrogens (tertiary/aromatic N) is 2. The van der Waals surface area contributed by atoms with Gasteiger partial charge in [0.15, 0.2) is 0 Å². The van der Waals surface area contributed by atoms with E-state index < -0.39 is 0 Å². The lowest BCUT2D eigenvalue weighted by atomic mass is 10.2. The Morgan fingerprint density at radius 1 is 1.24 bits per heavy atom. The predicted octanol–water partition coefficient (Wildman–Crippen LogP) is 1.56. The van der Waals surface area contributed by atoms with Gasteiger partial charge in [0, 0.05) is 44.1 Å². The van der Waals surface area contributed by atoms with Crippen LogP contribution in [0, 0.1) is 0 Å². The summed E-state index contributed by atoms with van der Waals surface area (Å²) in [7, 11) is 0. The maximum Gasteiger partial charge on any atom is 0.229 e. The summed E-state index contributed by atoms with van der Waals surface area (Å²) in [6.45, 7) is 0.457. The van der Waals surface area contributed by atoms with Crippen LogP contribution in [-0.4, -0.2) is 40.3 Å². The van der Waals surface area contributed by atoms with Gasteiger partial charge in [-0.1, -0.05) is 6.07 Å². The Morgan fingerprint density at radius 2 is 1.96 bits per heavy atom. The van der Waals surface area contributed by atoms with Crippen molar-refractivity contribution in [3.63, 3.8) is 0 Å². The topological polar surface area (TPSA) is 88.6 Å². The average Bonchev–Trinajstić information content (AvgIpc) is 3.23. The highest BCUT2D eigenvalue weighted by Gasteiger charge is 2.28. The van der Waals surface area contributed by atoms with Gasteiger partial charge in [0.25, 0.3) is 0 Å². The Morgan fingerprint density at radius 3 is 2.68 bits per heavy atom. The van der Waals surface area contributed by atoms with Crippen LogP contribution in [0.3, 0.4) is 0 Å². The highest BCUT2D eigenvalue weighted by Crippen LogP contribution is 2.24. The van der Waals surface area contributed by atoms with Crippen LogP contribution in [0.25, 0.3) is 0 Å². The summed E-state index contributed by atoms with van der Waals surface area (Å²) in [6.07, 6.45) is 6.93. The number of aromatic nitrogens is 1. The molecule has 7 heteroatoms. The van der Waals surface area contributed by atoms with Crippen LogP contribution in [0.1, 0.15) is 50.5 Å². The van der Waals surface area contributed by atoms with Crippen molar-refractivity contribution in [3.05, 3.63) is 23.9 Å². The number of carbonyl (C=O) groups excluding carboxylic acids is 3. The quantitative estimate of drug-likeness (QED) is 0.758. The summed E-state index contributed by atoms with van der Waals surface area (Å²) >= 11 is 0. The molecule has 2 aliphatic rings. The van der Waals surface area contributed by atoms with E-state index in [2.05, 4.69) is 10.3 Å². The molecule has 7 nitrogen and oxygen atoms in total. The minimum absolute atomic E-state index is 0.108. The molecule has 0 radical (unpaired) electrons. The molecule has 134 valence electrons. The number of likely N-dealkylation sites (tertiary alicyclic amines) is 1. The summed E-state index contributed by atoms with van der Waals surface area (Å²) in [5.74, 6) is -0.0302. The molecule has 25 heavy (non-hydrogen) atoms. The fraction of sp³-hybridized carbons (Fsp3) is 0.556. The first-order valence-electron chi connectivity index (χ1n) is 8.84. The van der Waals surface area contributed by atoms with E-state index in [9.17, 15) is 14.4 Å². The lowest BCUT2D eigenvalue weighted by molar-refractivity contribution is -0.138. The first-order chi connectivity index (χ1) is 12.1. The predicted molar refractivity (Wildman–Crippen MR) is 89.5 cm³/mol.